The Kier molecular flexibility index (Phi) is 5.81. The molecule has 1 unspecified atom stereocenters. The average Bonchev–Trinajstić information content (AvgIpc) is 2.75. The predicted molar refractivity (Wildman–Crippen MR) is 119 cm³/mol. The molecule has 0 radical (unpaired) electrons. The van der Waals surface area contributed by atoms with Crippen molar-refractivity contribution >= 4 is 27.1 Å². The standard InChI is InChI=1S/C24H26N2O4S/c1-16(26-10-9-17-5-3-4-6-19(17)15-26)14-25-24(28)23-12-20(27)11-18-7-8-21(13-22(18)23)31(2,29)30/h3-8,12-13,16H,9-11,14-15H2,1-2H3,(H,25,28). The van der Waals surface area contributed by atoms with E-state index in [0.717, 1.165) is 25.8 Å². The maximum Gasteiger partial charge on any atom is 0.252 e. The lowest BCUT2D eigenvalue weighted by molar-refractivity contribution is -0.117. The number of nitrogens with one attached hydrogen (secondary N) is 1. The SMILES string of the molecule is CC(CNC(=O)C1=CC(=O)Cc2ccc(S(C)(=O)=O)cc21)N1CCc2ccccc2C1. The second-order valence-corrected chi connectivity index (χ2v) is 10.4. The summed E-state index contributed by atoms with van der Waals surface area (Å²) in [6.07, 6.45) is 3.60. The first-order valence-electron chi connectivity index (χ1n) is 10.4. The molecule has 7 heteroatoms. The maximum atomic E-state index is 13.0. The third-order valence-corrected chi connectivity index (χ3v) is 7.17. The van der Waals surface area contributed by atoms with Crippen molar-refractivity contribution in [3.63, 3.8) is 0 Å². The first-order chi connectivity index (χ1) is 14.7. The van der Waals surface area contributed by atoms with E-state index < -0.39 is 9.84 Å². The van der Waals surface area contributed by atoms with Crippen LogP contribution in [0.3, 0.4) is 0 Å². The minimum atomic E-state index is -3.41. The van der Waals surface area contributed by atoms with Crippen LogP contribution in [0, 0.1) is 0 Å². The number of ketones is 1. The zero-order valence-corrected chi connectivity index (χ0v) is 18.5. The van der Waals surface area contributed by atoms with Gasteiger partial charge in [-0.2, -0.15) is 0 Å². The lowest BCUT2D eigenvalue weighted by atomic mass is 9.89. The van der Waals surface area contributed by atoms with Crippen LogP contribution in [0.2, 0.25) is 0 Å². The van der Waals surface area contributed by atoms with E-state index in [-0.39, 0.29) is 34.6 Å². The molecule has 0 bridgehead atoms. The van der Waals surface area contributed by atoms with E-state index in [2.05, 4.69) is 35.3 Å². The fourth-order valence-corrected chi connectivity index (χ4v) is 4.86. The van der Waals surface area contributed by atoms with Gasteiger partial charge in [0.15, 0.2) is 15.6 Å². The van der Waals surface area contributed by atoms with Crippen molar-refractivity contribution in [3.8, 4) is 0 Å². The highest BCUT2D eigenvalue weighted by molar-refractivity contribution is 7.90. The number of hydrogen-bond donors (Lipinski definition) is 1. The molecule has 162 valence electrons. The molecule has 0 saturated heterocycles. The number of carbonyl (C=O) groups excluding carboxylic acids is 2. The topological polar surface area (TPSA) is 83.5 Å². The van der Waals surface area contributed by atoms with Gasteiger partial charge in [-0.3, -0.25) is 14.5 Å². The van der Waals surface area contributed by atoms with Crippen LogP contribution >= 0.6 is 0 Å². The monoisotopic (exact) mass is 438 g/mol. The van der Waals surface area contributed by atoms with Crippen molar-refractivity contribution in [1.82, 2.24) is 10.2 Å². The molecule has 1 amide bonds. The molecule has 2 aromatic carbocycles. The molecule has 31 heavy (non-hydrogen) atoms. The second-order valence-electron chi connectivity index (χ2n) is 8.34. The summed E-state index contributed by atoms with van der Waals surface area (Å²) in [6, 6.07) is 13.1. The number of amides is 1. The zero-order chi connectivity index (χ0) is 22.2. The molecular weight excluding hydrogens is 412 g/mol. The van der Waals surface area contributed by atoms with Crippen LogP contribution in [0.5, 0.6) is 0 Å². The normalized spacial score (nSPS) is 17.4. The van der Waals surface area contributed by atoms with Crippen LogP contribution in [-0.2, 0) is 38.8 Å². The maximum absolute atomic E-state index is 13.0. The van der Waals surface area contributed by atoms with Gasteiger partial charge in [0.25, 0.3) is 5.91 Å². The van der Waals surface area contributed by atoms with Crippen LogP contribution in [-0.4, -0.2) is 50.4 Å². The van der Waals surface area contributed by atoms with E-state index in [9.17, 15) is 18.0 Å². The molecule has 1 heterocycles. The number of hydrogen-bond acceptors (Lipinski definition) is 5. The number of carbonyl (C=O) groups is 2. The average molecular weight is 439 g/mol. The minimum Gasteiger partial charge on any atom is -0.350 e. The first kappa shape index (κ1) is 21.5. The van der Waals surface area contributed by atoms with Gasteiger partial charge in [-0.1, -0.05) is 30.3 Å². The summed E-state index contributed by atoms with van der Waals surface area (Å²) in [5.74, 6) is -0.519. The molecule has 4 rings (SSSR count). The van der Waals surface area contributed by atoms with Gasteiger partial charge in [0.1, 0.15) is 0 Å². The minimum absolute atomic E-state index is 0.124. The summed E-state index contributed by atoms with van der Waals surface area (Å²) in [6.45, 7) is 4.28. The van der Waals surface area contributed by atoms with Gasteiger partial charge in [-0.05, 0) is 53.8 Å². The van der Waals surface area contributed by atoms with Gasteiger partial charge in [-0.25, -0.2) is 8.42 Å². The van der Waals surface area contributed by atoms with Gasteiger partial charge in [0.2, 0.25) is 0 Å². The number of allylic oxidation sites excluding steroid dienone is 1. The van der Waals surface area contributed by atoms with Crippen molar-refractivity contribution < 1.29 is 18.0 Å². The fraction of sp³-hybridized carbons (Fsp3) is 0.333. The highest BCUT2D eigenvalue weighted by Crippen LogP contribution is 2.28. The van der Waals surface area contributed by atoms with E-state index in [1.54, 1.807) is 6.07 Å². The lowest BCUT2D eigenvalue weighted by Gasteiger charge is -2.34. The predicted octanol–water partition coefficient (Wildman–Crippen LogP) is 2.16. The van der Waals surface area contributed by atoms with Crippen molar-refractivity contribution in [3.05, 3.63) is 70.8 Å². The third-order valence-electron chi connectivity index (χ3n) is 6.06. The van der Waals surface area contributed by atoms with Crippen molar-refractivity contribution in [2.45, 2.75) is 37.2 Å². The molecule has 0 saturated carbocycles. The van der Waals surface area contributed by atoms with E-state index in [1.165, 1.54) is 29.3 Å². The highest BCUT2D eigenvalue weighted by Gasteiger charge is 2.26. The zero-order valence-electron chi connectivity index (χ0n) is 17.7. The number of rotatable bonds is 5. The van der Waals surface area contributed by atoms with Crippen LogP contribution in [0.4, 0.5) is 0 Å². The van der Waals surface area contributed by atoms with Gasteiger partial charge in [0, 0.05) is 38.4 Å². The van der Waals surface area contributed by atoms with E-state index in [4.69, 9.17) is 0 Å². The molecule has 1 atom stereocenters. The third kappa shape index (κ3) is 4.62. The Labute approximate surface area is 182 Å². The molecule has 6 nitrogen and oxygen atoms in total. The second kappa shape index (κ2) is 8.40. The Hall–Kier alpha value is -2.77. The molecule has 1 N–H and O–H groups in total. The molecule has 0 aromatic heterocycles. The number of sulfone groups is 1. The molecule has 0 fully saturated rings. The molecule has 1 aliphatic heterocycles. The van der Waals surface area contributed by atoms with Gasteiger partial charge in [0.05, 0.1) is 10.5 Å². The summed E-state index contributed by atoms with van der Waals surface area (Å²) >= 11 is 0. The molecule has 2 aliphatic rings. The summed E-state index contributed by atoms with van der Waals surface area (Å²) in [5, 5.41) is 2.94. The smallest absolute Gasteiger partial charge is 0.252 e. The van der Waals surface area contributed by atoms with Crippen LogP contribution in [0.1, 0.15) is 29.2 Å². The molecular formula is C24H26N2O4S. The molecule has 2 aromatic rings. The van der Waals surface area contributed by atoms with Gasteiger partial charge in [-0.15, -0.1) is 0 Å². The largest absolute Gasteiger partial charge is 0.350 e. The van der Waals surface area contributed by atoms with Crippen LogP contribution in [0.15, 0.2) is 53.4 Å². The van der Waals surface area contributed by atoms with Crippen LogP contribution in [0.25, 0.3) is 5.57 Å². The van der Waals surface area contributed by atoms with Crippen molar-refractivity contribution in [1.29, 1.82) is 0 Å². The Morgan fingerprint density at radius 1 is 1.13 bits per heavy atom. The lowest BCUT2D eigenvalue weighted by Crippen LogP contribution is -2.44. The van der Waals surface area contributed by atoms with Gasteiger partial charge >= 0.3 is 0 Å². The Morgan fingerprint density at radius 2 is 1.87 bits per heavy atom. The van der Waals surface area contributed by atoms with E-state index in [0.29, 0.717) is 17.7 Å². The Balaban J connectivity index is 1.47. The number of benzene rings is 2. The molecule has 1 aliphatic carbocycles. The molecule has 0 spiro atoms. The van der Waals surface area contributed by atoms with Crippen LogP contribution < -0.4 is 5.32 Å². The highest BCUT2D eigenvalue weighted by atomic mass is 32.2. The summed E-state index contributed by atoms with van der Waals surface area (Å²) in [7, 11) is -3.41. The first-order valence-corrected chi connectivity index (χ1v) is 12.3. The number of fused-ring (bicyclic) bond motifs is 2. The Morgan fingerprint density at radius 3 is 2.61 bits per heavy atom. The summed E-state index contributed by atoms with van der Waals surface area (Å²) < 4.78 is 23.9. The Bertz CT molecular complexity index is 1180. The van der Waals surface area contributed by atoms with Crippen molar-refractivity contribution in [2.75, 3.05) is 19.3 Å². The van der Waals surface area contributed by atoms with E-state index >= 15 is 0 Å². The van der Waals surface area contributed by atoms with E-state index in [1.807, 2.05) is 6.07 Å². The van der Waals surface area contributed by atoms with Gasteiger partial charge < -0.3 is 5.32 Å². The number of nitrogens with zero attached hydrogens (tertiary/aromatic N) is 1. The summed E-state index contributed by atoms with van der Waals surface area (Å²) in [5.41, 5.74) is 4.10. The fourth-order valence-electron chi connectivity index (χ4n) is 4.21. The van der Waals surface area contributed by atoms with Crippen molar-refractivity contribution in [2.24, 2.45) is 0 Å². The summed E-state index contributed by atoms with van der Waals surface area (Å²) in [4.78, 5) is 27.6. The quantitative estimate of drug-likeness (QED) is 0.774.